The molecule has 6 heteroatoms. The first-order valence-corrected chi connectivity index (χ1v) is 6.76. The quantitative estimate of drug-likeness (QED) is 0.881. The second kappa shape index (κ2) is 6.19. The molecule has 0 saturated carbocycles. The SMILES string of the molecule is Cc1ccn(C(C)CN2CCOCC2)c(=O)c1C(=O)O. The largest absolute Gasteiger partial charge is 0.477 e. The van der Waals surface area contributed by atoms with Crippen LogP contribution in [0.2, 0.25) is 0 Å². The summed E-state index contributed by atoms with van der Waals surface area (Å²) >= 11 is 0. The van der Waals surface area contributed by atoms with Crippen LogP contribution < -0.4 is 5.56 Å². The van der Waals surface area contributed by atoms with Crippen molar-refractivity contribution in [3.05, 3.63) is 33.7 Å². The highest BCUT2D eigenvalue weighted by molar-refractivity contribution is 5.88. The lowest BCUT2D eigenvalue weighted by atomic mass is 10.1. The van der Waals surface area contributed by atoms with Crippen molar-refractivity contribution >= 4 is 5.97 Å². The molecule has 2 rings (SSSR count). The number of morpholine rings is 1. The molecule has 2 heterocycles. The van der Waals surface area contributed by atoms with Crippen LogP contribution in [0.25, 0.3) is 0 Å². The summed E-state index contributed by atoms with van der Waals surface area (Å²) in [5.41, 5.74) is -0.0723. The number of carboxylic acid groups (broad SMARTS) is 1. The monoisotopic (exact) mass is 280 g/mol. The van der Waals surface area contributed by atoms with Crippen molar-refractivity contribution in [1.29, 1.82) is 0 Å². The molecule has 0 amide bonds. The molecule has 0 radical (unpaired) electrons. The van der Waals surface area contributed by atoms with Crippen molar-refractivity contribution in [2.24, 2.45) is 0 Å². The summed E-state index contributed by atoms with van der Waals surface area (Å²) in [4.78, 5) is 25.6. The molecular formula is C14H20N2O4. The third kappa shape index (κ3) is 3.08. The van der Waals surface area contributed by atoms with Gasteiger partial charge in [0.2, 0.25) is 0 Å². The topological polar surface area (TPSA) is 71.8 Å². The van der Waals surface area contributed by atoms with E-state index in [-0.39, 0.29) is 11.6 Å². The average molecular weight is 280 g/mol. The third-order valence-electron chi connectivity index (χ3n) is 3.64. The Morgan fingerprint density at radius 2 is 2.10 bits per heavy atom. The van der Waals surface area contributed by atoms with Crippen LogP contribution in [-0.4, -0.2) is 53.4 Å². The zero-order valence-electron chi connectivity index (χ0n) is 11.8. The number of aromatic carboxylic acids is 1. The fourth-order valence-electron chi connectivity index (χ4n) is 2.49. The van der Waals surface area contributed by atoms with E-state index in [1.807, 2.05) is 6.92 Å². The van der Waals surface area contributed by atoms with Gasteiger partial charge in [0, 0.05) is 31.9 Å². The zero-order chi connectivity index (χ0) is 14.7. The van der Waals surface area contributed by atoms with Gasteiger partial charge in [-0.1, -0.05) is 0 Å². The molecule has 1 aliphatic rings. The summed E-state index contributed by atoms with van der Waals surface area (Å²) in [5, 5.41) is 9.13. The number of carboxylic acids is 1. The second-order valence-electron chi connectivity index (χ2n) is 5.15. The molecule has 20 heavy (non-hydrogen) atoms. The van der Waals surface area contributed by atoms with Crippen molar-refractivity contribution in [2.45, 2.75) is 19.9 Å². The number of carbonyl (C=O) groups is 1. The molecule has 0 bridgehead atoms. The molecule has 1 aromatic heterocycles. The third-order valence-corrected chi connectivity index (χ3v) is 3.64. The standard InChI is InChI=1S/C14H20N2O4/c1-10-3-4-16(13(17)12(10)14(18)19)11(2)9-15-5-7-20-8-6-15/h3-4,11H,5-9H2,1-2H3,(H,18,19). The fourth-order valence-corrected chi connectivity index (χ4v) is 2.49. The first kappa shape index (κ1) is 14.7. The van der Waals surface area contributed by atoms with Crippen molar-refractivity contribution in [3.8, 4) is 0 Å². The van der Waals surface area contributed by atoms with Gasteiger partial charge >= 0.3 is 5.97 Å². The van der Waals surface area contributed by atoms with E-state index in [0.29, 0.717) is 25.3 Å². The highest BCUT2D eigenvalue weighted by Crippen LogP contribution is 2.10. The van der Waals surface area contributed by atoms with Gasteiger partial charge in [-0.15, -0.1) is 0 Å². The lowest BCUT2D eigenvalue weighted by molar-refractivity contribution is 0.0323. The molecule has 1 N–H and O–H groups in total. The molecule has 1 aromatic rings. The highest BCUT2D eigenvalue weighted by atomic mass is 16.5. The maximum absolute atomic E-state index is 12.3. The molecule has 1 aliphatic heterocycles. The summed E-state index contributed by atoms with van der Waals surface area (Å²) in [6, 6.07) is 1.61. The Morgan fingerprint density at radius 1 is 1.45 bits per heavy atom. The van der Waals surface area contributed by atoms with Crippen LogP contribution in [0.3, 0.4) is 0 Å². The van der Waals surface area contributed by atoms with Gasteiger partial charge in [-0.05, 0) is 25.5 Å². The minimum absolute atomic E-state index is 0.0701. The van der Waals surface area contributed by atoms with Crippen LogP contribution in [0.5, 0.6) is 0 Å². The summed E-state index contributed by atoms with van der Waals surface area (Å²) in [6.45, 7) is 7.38. The van der Waals surface area contributed by atoms with Gasteiger partial charge in [0.15, 0.2) is 0 Å². The van der Waals surface area contributed by atoms with E-state index < -0.39 is 11.5 Å². The summed E-state index contributed by atoms with van der Waals surface area (Å²) in [7, 11) is 0. The van der Waals surface area contributed by atoms with Gasteiger partial charge in [-0.25, -0.2) is 4.79 Å². The van der Waals surface area contributed by atoms with E-state index in [2.05, 4.69) is 4.90 Å². The minimum Gasteiger partial charge on any atom is -0.477 e. The van der Waals surface area contributed by atoms with E-state index >= 15 is 0 Å². The van der Waals surface area contributed by atoms with Gasteiger partial charge in [0.25, 0.3) is 5.56 Å². The Kier molecular flexibility index (Phi) is 4.57. The van der Waals surface area contributed by atoms with Gasteiger partial charge < -0.3 is 14.4 Å². The normalized spacial score (nSPS) is 17.9. The van der Waals surface area contributed by atoms with Crippen molar-refractivity contribution in [3.63, 3.8) is 0 Å². The molecule has 1 atom stereocenters. The van der Waals surface area contributed by atoms with Crippen molar-refractivity contribution in [1.82, 2.24) is 9.47 Å². The second-order valence-corrected chi connectivity index (χ2v) is 5.15. The predicted octanol–water partition coefficient (Wildman–Crippen LogP) is 0.748. The van der Waals surface area contributed by atoms with Crippen molar-refractivity contribution in [2.75, 3.05) is 32.8 Å². The molecular weight excluding hydrogens is 260 g/mol. The molecule has 0 aromatic carbocycles. The Morgan fingerprint density at radius 3 is 2.70 bits per heavy atom. The Hall–Kier alpha value is -1.66. The number of nitrogens with zero attached hydrogens (tertiary/aromatic N) is 2. The molecule has 6 nitrogen and oxygen atoms in total. The molecule has 0 aliphatic carbocycles. The maximum atomic E-state index is 12.3. The Balaban J connectivity index is 2.21. The number of rotatable bonds is 4. The lowest BCUT2D eigenvalue weighted by Crippen LogP contribution is -2.41. The van der Waals surface area contributed by atoms with Crippen LogP contribution in [0.1, 0.15) is 28.9 Å². The van der Waals surface area contributed by atoms with Crippen LogP contribution in [0.15, 0.2) is 17.1 Å². The van der Waals surface area contributed by atoms with Crippen LogP contribution in [0, 0.1) is 6.92 Å². The summed E-state index contributed by atoms with van der Waals surface area (Å²) in [5.74, 6) is -1.17. The van der Waals surface area contributed by atoms with Gasteiger partial charge in [0.1, 0.15) is 5.56 Å². The zero-order valence-corrected chi connectivity index (χ0v) is 11.8. The minimum atomic E-state index is -1.17. The maximum Gasteiger partial charge on any atom is 0.341 e. The molecule has 110 valence electrons. The number of pyridine rings is 1. The van der Waals surface area contributed by atoms with Crippen LogP contribution in [-0.2, 0) is 4.74 Å². The van der Waals surface area contributed by atoms with Crippen molar-refractivity contribution < 1.29 is 14.6 Å². The highest BCUT2D eigenvalue weighted by Gasteiger charge is 2.19. The number of ether oxygens (including phenoxy) is 1. The van der Waals surface area contributed by atoms with Gasteiger partial charge in [-0.2, -0.15) is 0 Å². The summed E-state index contributed by atoms with van der Waals surface area (Å²) < 4.78 is 6.79. The first-order chi connectivity index (χ1) is 9.50. The predicted molar refractivity (Wildman–Crippen MR) is 74.4 cm³/mol. The first-order valence-electron chi connectivity index (χ1n) is 6.76. The Labute approximate surface area is 117 Å². The van der Waals surface area contributed by atoms with E-state index in [9.17, 15) is 9.59 Å². The number of aromatic nitrogens is 1. The van der Waals surface area contributed by atoms with E-state index in [1.54, 1.807) is 19.2 Å². The van der Waals surface area contributed by atoms with Gasteiger partial charge in [-0.3, -0.25) is 9.69 Å². The molecule has 0 spiro atoms. The van der Waals surface area contributed by atoms with E-state index in [4.69, 9.17) is 9.84 Å². The fraction of sp³-hybridized carbons (Fsp3) is 0.571. The number of hydrogen-bond donors (Lipinski definition) is 1. The van der Waals surface area contributed by atoms with E-state index in [1.165, 1.54) is 4.57 Å². The average Bonchev–Trinajstić information content (AvgIpc) is 2.39. The molecule has 1 unspecified atom stereocenters. The number of aryl methyl sites for hydroxylation is 1. The van der Waals surface area contributed by atoms with Crippen LogP contribution >= 0.6 is 0 Å². The summed E-state index contributed by atoms with van der Waals surface area (Å²) in [6.07, 6.45) is 1.68. The van der Waals surface area contributed by atoms with Gasteiger partial charge in [0.05, 0.1) is 13.2 Å². The number of hydrogen-bond acceptors (Lipinski definition) is 4. The molecule has 1 fully saturated rings. The van der Waals surface area contributed by atoms with Crippen LogP contribution in [0.4, 0.5) is 0 Å². The Bertz CT molecular complexity index is 547. The molecule has 1 saturated heterocycles. The lowest BCUT2D eigenvalue weighted by Gasteiger charge is -2.29. The smallest absolute Gasteiger partial charge is 0.341 e. The van der Waals surface area contributed by atoms with E-state index in [0.717, 1.165) is 13.1 Å².